The third-order valence-electron chi connectivity index (χ3n) is 6.12. The van der Waals surface area contributed by atoms with Crippen LogP contribution in [0.1, 0.15) is 34.7 Å². The molecule has 1 fully saturated rings. The molecule has 1 saturated heterocycles. The van der Waals surface area contributed by atoms with Crippen LogP contribution in [0.25, 0.3) is 5.69 Å². The van der Waals surface area contributed by atoms with Gasteiger partial charge in [-0.2, -0.15) is 0 Å². The summed E-state index contributed by atoms with van der Waals surface area (Å²) in [7, 11) is 1.68. The van der Waals surface area contributed by atoms with Crippen LogP contribution in [0.15, 0.2) is 85.1 Å². The average Bonchev–Trinajstić information content (AvgIpc) is 3.39. The van der Waals surface area contributed by atoms with Gasteiger partial charge in [0.1, 0.15) is 11.8 Å². The molecule has 0 radical (unpaired) electrons. The standard InChI is InChI=1S/C27H26N4OS/c1-18-7-6-8-21(17-18)31-26(25(29-27(31)33)23-9-4-5-16-28-23)24-15-10-19(2)30(24)20-11-13-22(32-3)14-12-20/h4-17,25-26H,1-3H3,(H,29,33)/t25-,26-/m1/s1. The Kier molecular flexibility index (Phi) is 5.60. The van der Waals surface area contributed by atoms with E-state index in [9.17, 15) is 0 Å². The number of pyridine rings is 1. The molecule has 5 nitrogen and oxygen atoms in total. The molecule has 0 saturated carbocycles. The summed E-state index contributed by atoms with van der Waals surface area (Å²) < 4.78 is 7.66. The highest BCUT2D eigenvalue weighted by molar-refractivity contribution is 7.80. The first kappa shape index (κ1) is 21.2. The fraction of sp³-hybridized carbons (Fsp3) is 0.185. The molecule has 1 N–H and O–H groups in total. The van der Waals surface area contributed by atoms with E-state index in [-0.39, 0.29) is 12.1 Å². The lowest BCUT2D eigenvalue weighted by atomic mass is 10.0. The lowest BCUT2D eigenvalue weighted by Gasteiger charge is -2.29. The van der Waals surface area contributed by atoms with Gasteiger partial charge in [0.25, 0.3) is 0 Å². The number of anilines is 1. The van der Waals surface area contributed by atoms with Crippen LogP contribution in [0, 0.1) is 13.8 Å². The Morgan fingerprint density at radius 1 is 0.909 bits per heavy atom. The van der Waals surface area contributed by atoms with Crippen molar-refractivity contribution in [1.82, 2.24) is 14.9 Å². The van der Waals surface area contributed by atoms with Gasteiger partial charge in [-0.15, -0.1) is 0 Å². The highest BCUT2D eigenvalue weighted by Crippen LogP contribution is 2.43. The summed E-state index contributed by atoms with van der Waals surface area (Å²) in [5.41, 5.74) is 6.59. The monoisotopic (exact) mass is 454 g/mol. The van der Waals surface area contributed by atoms with Gasteiger partial charge in [-0.05, 0) is 92.3 Å². The predicted octanol–water partition coefficient (Wildman–Crippen LogP) is 5.67. The van der Waals surface area contributed by atoms with Crippen LogP contribution < -0.4 is 15.0 Å². The lowest BCUT2D eigenvalue weighted by Crippen LogP contribution is -2.30. The molecule has 0 amide bonds. The third kappa shape index (κ3) is 3.87. The number of ether oxygens (including phenoxy) is 1. The summed E-state index contributed by atoms with van der Waals surface area (Å²) >= 11 is 5.88. The smallest absolute Gasteiger partial charge is 0.174 e. The average molecular weight is 455 g/mol. The molecule has 0 aliphatic carbocycles. The number of nitrogens with zero attached hydrogens (tertiary/aromatic N) is 3. The van der Waals surface area contributed by atoms with E-state index in [1.165, 1.54) is 5.56 Å². The number of rotatable bonds is 5. The van der Waals surface area contributed by atoms with E-state index in [4.69, 9.17) is 17.0 Å². The molecule has 2 aromatic heterocycles. The molecule has 5 rings (SSSR count). The molecule has 2 aromatic carbocycles. The highest BCUT2D eigenvalue weighted by atomic mass is 32.1. The Balaban J connectivity index is 1.68. The number of hydrogen-bond acceptors (Lipinski definition) is 3. The molecule has 0 bridgehead atoms. The maximum absolute atomic E-state index is 5.88. The topological polar surface area (TPSA) is 42.3 Å². The van der Waals surface area contributed by atoms with Gasteiger partial charge in [-0.3, -0.25) is 4.98 Å². The van der Waals surface area contributed by atoms with Crippen molar-refractivity contribution in [3.63, 3.8) is 0 Å². The molecule has 1 aliphatic rings. The van der Waals surface area contributed by atoms with Crippen molar-refractivity contribution in [1.29, 1.82) is 0 Å². The van der Waals surface area contributed by atoms with Crippen LogP contribution in [0.4, 0.5) is 5.69 Å². The van der Waals surface area contributed by atoms with E-state index in [2.05, 4.69) is 88.2 Å². The first-order chi connectivity index (χ1) is 16.1. The zero-order valence-corrected chi connectivity index (χ0v) is 19.7. The highest BCUT2D eigenvalue weighted by Gasteiger charge is 2.42. The molecule has 3 heterocycles. The maximum atomic E-state index is 5.88. The van der Waals surface area contributed by atoms with Crippen molar-refractivity contribution in [2.75, 3.05) is 12.0 Å². The van der Waals surface area contributed by atoms with Crippen LogP contribution >= 0.6 is 12.2 Å². The summed E-state index contributed by atoms with van der Waals surface area (Å²) in [4.78, 5) is 6.89. The number of nitrogens with one attached hydrogen (secondary N) is 1. The molecular formula is C27H26N4OS. The minimum Gasteiger partial charge on any atom is -0.497 e. The van der Waals surface area contributed by atoms with Gasteiger partial charge < -0.3 is 19.5 Å². The minimum absolute atomic E-state index is 0.0787. The third-order valence-corrected chi connectivity index (χ3v) is 6.43. The van der Waals surface area contributed by atoms with Crippen LogP contribution in [0.2, 0.25) is 0 Å². The second-order valence-corrected chi connectivity index (χ2v) is 8.66. The Morgan fingerprint density at radius 3 is 2.42 bits per heavy atom. The Morgan fingerprint density at radius 2 is 1.73 bits per heavy atom. The van der Waals surface area contributed by atoms with Gasteiger partial charge in [0.05, 0.1) is 18.8 Å². The van der Waals surface area contributed by atoms with Gasteiger partial charge in [0, 0.05) is 29.0 Å². The Bertz CT molecular complexity index is 1280. The summed E-state index contributed by atoms with van der Waals surface area (Å²) in [6.07, 6.45) is 1.83. The van der Waals surface area contributed by atoms with Crippen molar-refractivity contribution < 1.29 is 4.74 Å². The van der Waals surface area contributed by atoms with Gasteiger partial charge in [-0.25, -0.2) is 0 Å². The van der Waals surface area contributed by atoms with Crippen molar-refractivity contribution >= 4 is 23.0 Å². The van der Waals surface area contributed by atoms with Gasteiger partial charge in [0.15, 0.2) is 5.11 Å². The van der Waals surface area contributed by atoms with Crippen LogP contribution in [0.3, 0.4) is 0 Å². The van der Waals surface area contributed by atoms with E-state index >= 15 is 0 Å². The van der Waals surface area contributed by atoms with Crippen molar-refractivity contribution in [2.24, 2.45) is 0 Å². The number of hydrogen-bond donors (Lipinski definition) is 1. The summed E-state index contributed by atoms with van der Waals surface area (Å²) in [5, 5.41) is 4.25. The first-order valence-electron chi connectivity index (χ1n) is 11.0. The number of methoxy groups -OCH3 is 1. The molecule has 166 valence electrons. The van der Waals surface area contributed by atoms with Crippen molar-refractivity contribution in [2.45, 2.75) is 25.9 Å². The fourth-order valence-electron chi connectivity index (χ4n) is 4.58. The fourth-order valence-corrected chi connectivity index (χ4v) is 4.93. The van der Waals surface area contributed by atoms with E-state index in [1.807, 2.05) is 30.5 Å². The number of thiocarbonyl (C=S) groups is 1. The molecule has 2 atom stereocenters. The van der Waals surface area contributed by atoms with Crippen LogP contribution in [0.5, 0.6) is 5.75 Å². The number of benzene rings is 2. The largest absolute Gasteiger partial charge is 0.497 e. The Hall–Kier alpha value is -3.64. The van der Waals surface area contributed by atoms with Crippen LogP contribution in [-0.2, 0) is 0 Å². The molecule has 1 aliphatic heterocycles. The maximum Gasteiger partial charge on any atom is 0.174 e. The lowest BCUT2D eigenvalue weighted by molar-refractivity contribution is 0.414. The minimum atomic E-state index is -0.0921. The number of aryl methyl sites for hydroxylation is 2. The first-order valence-corrected chi connectivity index (χ1v) is 11.4. The molecule has 0 unspecified atom stereocenters. The zero-order chi connectivity index (χ0) is 22.9. The summed E-state index contributed by atoms with van der Waals surface area (Å²) in [6.45, 7) is 4.23. The molecule has 33 heavy (non-hydrogen) atoms. The second kappa shape index (κ2) is 8.71. The SMILES string of the molecule is COc1ccc(-n2c(C)ccc2[C@@H]2[C@@H](c3ccccn3)NC(=S)N2c2cccc(C)c2)cc1. The van der Waals surface area contributed by atoms with E-state index < -0.39 is 0 Å². The molecule has 4 aromatic rings. The second-order valence-electron chi connectivity index (χ2n) is 8.27. The summed E-state index contributed by atoms with van der Waals surface area (Å²) in [6, 6.07) is 26.8. The molecular weight excluding hydrogens is 428 g/mol. The number of aromatic nitrogens is 2. The van der Waals surface area contributed by atoms with E-state index in [1.54, 1.807) is 7.11 Å². The quantitative estimate of drug-likeness (QED) is 0.393. The normalized spacial score (nSPS) is 17.8. The Labute approximate surface area is 199 Å². The van der Waals surface area contributed by atoms with Crippen molar-refractivity contribution in [3.05, 3.63) is 108 Å². The van der Waals surface area contributed by atoms with Crippen LogP contribution in [-0.4, -0.2) is 21.8 Å². The van der Waals surface area contributed by atoms with Gasteiger partial charge in [0.2, 0.25) is 0 Å². The molecule has 0 spiro atoms. The van der Waals surface area contributed by atoms with E-state index in [0.29, 0.717) is 5.11 Å². The zero-order valence-electron chi connectivity index (χ0n) is 18.9. The predicted molar refractivity (Wildman–Crippen MR) is 136 cm³/mol. The van der Waals surface area contributed by atoms with Crippen molar-refractivity contribution in [3.8, 4) is 11.4 Å². The summed E-state index contributed by atoms with van der Waals surface area (Å²) in [5.74, 6) is 0.835. The molecule has 6 heteroatoms. The van der Waals surface area contributed by atoms with Gasteiger partial charge >= 0.3 is 0 Å². The van der Waals surface area contributed by atoms with Gasteiger partial charge in [-0.1, -0.05) is 18.2 Å². The van der Waals surface area contributed by atoms with E-state index in [0.717, 1.165) is 34.2 Å².